The van der Waals surface area contributed by atoms with Crippen LogP contribution in [0.2, 0.25) is 0 Å². The Balaban J connectivity index is 1.36. The molecule has 0 bridgehead atoms. The molecule has 0 saturated carbocycles. The number of rotatable bonds is 3. The maximum atomic E-state index is 4.39. The molecular weight excluding hydrogens is 276 g/mol. The maximum Gasteiger partial charge on any atom is 0.225 e. The lowest BCUT2D eigenvalue weighted by atomic mass is 9.91. The highest BCUT2D eigenvalue weighted by molar-refractivity contribution is 5.30. The zero-order valence-corrected chi connectivity index (χ0v) is 12.8. The molecule has 2 aliphatic heterocycles. The normalized spacial score (nSPS) is 25.9. The van der Waals surface area contributed by atoms with Crippen molar-refractivity contribution in [3.05, 3.63) is 36.9 Å². The van der Waals surface area contributed by atoms with E-state index in [1.165, 1.54) is 19.4 Å². The Morgan fingerprint density at radius 3 is 2.73 bits per heavy atom. The zero-order chi connectivity index (χ0) is 14.8. The van der Waals surface area contributed by atoms with Crippen LogP contribution in [0.3, 0.4) is 0 Å². The second kappa shape index (κ2) is 6.04. The monoisotopic (exact) mass is 298 g/mol. The van der Waals surface area contributed by atoms with Crippen LogP contribution in [-0.4, -0.2) is 56.9 Å². The summed E-state index contributed by atoms with van der Waals surface area (Å²) in [5.41, 5.74) is 0. The van der Waals surface area contributed by atoms with Crippen molar-refractivity contribution in [2.75, 3.05) is 31.1 Å². The lowest BCUT2D eigenvalue weighted by molar-refractivity contribution is 0.0869. The molecule has 2 fully saturated rings. The number of aromatic nitrogens is 4. The molecule has 116 valence electrons. The number of nitrogens with zero attached hydrogens (tertiary/aromatic N) is 6. The standard InChI is InChI=1S/C16H22N6/c1-5-17-16(18-6-1)21-10-9-20-11-14(3-4-15(20)13-21)12-22-8-2-7-19-22/h1-2,5-8,14-15H,3-4,9-13H2/t14-,15-/m0/s1. The van der Waals surface area contributed by atoms with Crippen LogP contribution in [0.5, 0.6) is 0 Å². The van der Waals surface area contributed by atoms with E-state index in [0.29, 0.717) is 6.04 Å². The van der Waals surface area contributed by atoms with Gasteiger partial charge in [-0.05, 0) is 30.9 Å². The Bertz CT molecular complexity index is 584. The van der Waals surface area contributed by atoms with E-state index in [9.17, 15) is 0 Å². The van der Waals surface area contributed by atoms with E-state index < -0.39 is 0 Å². The zero-order valence-electron chi connectivity index (χ0n) is 12.8. The summed E-state index contributed by atoms with van der Waals surface area (Å²) in [7, 11) is 0. The summed E-state index contributed by atoms with van der Waals surface area (Å²) < 4.78 is 2.07. The highest BCUT2D eigenvalue weighted by Gasteiger charge is 2.33. The fourth-order valence-electron chi connectivity index (χ4n) is 3.72. The Hall–Kier alpha value is -1.95. The van der Waals surface area contributed by atoms with Gasteiger partial charge in [-0.3, -0.25) is 9.58 Å². The topological polar surface area (TPSA) is 50.1 Å². The van der Waals surface area contributed by atoms with E-state index in [0.717, 1.165) is 38.0 Å². The van der Waals surface area contributed by atoms with Gasteiger partial charge in [0, 0.05) is 63.6 Å². The quantitative estimate of drug-likeness (QED) is 0.854. The van der Waals surface area contributed by atoms with E-state index in [1.54, 1.807) is 0 Å². The van der Waals surface area contributed by atoms with Gasteiger partial charge in [0.05, 0.1) is 0 Å². The molecule has 4 heterocycles. The van der Waals surface area contributed by atoms with Crippen LogP contribution in [0.1, 0.15) is 12.8 Å². The number of piperazine rings is 1. The minimum absolute atomic E-state index is 0.645. The summed E-state index contributed by atoms with van der Waals surface area (Å²) in [6.07, 6.45) is 10.1. The molecule has 0 N–H and O–H groups in total. The molecule has 0 radical (unpaired) electrons. The van der Waals surface area contributed by atoms with E-state index >= 15 is 0 Å². The van der Waals surface area contributed by atoms with Crippen molar-refractivity contribution in [3.8, 4) is 0 Å². The molecule has 22 heavy (non-hydrogen) atoms. The third kappa shape index (κ3) is 2.83. The van der Waals surface area contributed by atoms with Gasteiger partial charge < -0.3 is 4.90 Å². The van der Waals surface area contributed by atoms with Crippen molar-refractivity contribution in [2.24, 2.45) is 5.92 Å². The fraction of sp³-hybridized carbons (Fsp3) is 0.562. The molecule has 2 aliphatic rings. The van der Waals surface area contributed by atoms with Crippen molar-refractivity contribution >= 4 is 5.95 Å². The third-order valence-corrected chi connectivity index (χ3v) is 4.84. The molecule has 0 spiro atoms. The Labute approximate surface area is 130 Å². The molecule has 0 amide bonds. The van der Waals surface area contributed by atoms with Crippen LogP contribution in [-0.2, 0) is 6.54 Å². The lowest BCUT2D eigenvalue weighted by Gasteiger charge is -2.46. The second-order valence-corrected chi connectivity index (χ2v) is 6.32. The first-order chi connectivity index (χ1) is 10.9. The maximum absolute atomic E-state index is 4.39. The molecule has 4 rings (SSSR count). The van der Waals surface area contributed by atoms with Crippen LogP contribution < -0.4 is 4.90 Å². The first kappa shape index (κ1) is 13.7. The first-order valence-electron chi connectivity index (χ1n) is 8.12. The van der Waals surface area contributed by atoms with Crippen molar-refractivity contribution in [1.29, 1.82) is 0 Å². The highest BCUT2D eigenvalue weighted by Crippen LogP contribution is 2.27. The number of hydrogen-bond acceptors (Lipinski definition) is 5. The predicted octanol–water partition coefficient (Wildman–Crippen LogP) is 1.27. The Morgan fingerprint density at radius 2 is 1.91 bits per heavy atom. The van der Waals surface area contributed by atoms with Gasteiger partial charge in [-0.2, -0.15) is 5.10 Å². The van der Waals surface area contributed by atoms with Crippen molar-refractivity contribution in [1.82, 2.24) is 24.6 Å². The smallest absolute Gasteiger partial charge is 0.225 e. The van der Waals surface area contributed by atoms with Crippen LogP contribution in [0.15, 0.2) is 36.9 Å². The minimum Gasteiger partial charge on any atom is -0.338 e. The minimum atomic E-state index is 0.645. The highest BCUT2D eigenvalue weighted by atomic mass is 15.3. The van der Waals surface area contributed by atoms with E-state index in [1.807, 2.05) is 30.7 Å². The Kier molecular flexibility index (Phi) is 3.76. The van der Waals surface area contributed by atoms with Crippen LogP contribution in [0, 0.1) is 5.92 Å². The molecule has 6 nitrogen and oxygen atoms in total. The number of fused-ring (bicyclic) bond motifs is 1. The number of piperidine rings is 1. The van der Waals surface area contributed by atoms with Crippen molar-refractivity contribution in [2.45, 2.75) is 25.4 Å². The summed E-state index contributed by atoms with van der Waals surface area (Å²) >= 11 is 0. The van der Waals surface area contributed by atoms with Crippen LogP contribution in [0.4, 0.5) is 5.95 Å². The SMILES string of the molecule is c1cnc(N2CCN3C[C@@H](Cn4cccn4)CC[C@H]3C2)nc1. The lowest BCUT2D eigenvalue weighted by Crippen LogP contribution is -2.57. The second-order valence-electron chi connectivity index (χ2n) is 6.32. The molecule has 2 atom stereocenters. The van der Waals surface area contributed by atoms with Gasteiger partial charge in [0.25, 0.3) is 0 Å². The molecule has 0 unspecified atom stereocenters. The number of anilines is 1. The van der Waals surface area contributed by atoms with Crippen LogP contribution in [0.25, 0.3) is 0 Å². The predicted molar refractivity (Wildman–Crippen MR) is 84.6 cm³/mol. The van der Waals surface area contributed by atoms with E-state index in [4.69, 9.17) is 0 Å². The number of hydrogen-bond donors (Lipinski definition) is 0. The average molecular weight is 298 g/mol. The van der Waals surface area contributed by atoms with Gasteiger partial charge >= 0.3 is 0 Å². The summed E-state index contributed by atoms with van der Waals surface area (Å²) in [6.45, 7) is 5.42. The van der Waals surface area contributed by atoms with Gasteiger partial charge in [-0.25, -0.2) is 9.97 Å². The third-order valence-electron chi connectivity index (χ3n) is 4.84. The van der Waals surface area contributed by atoms with Gasteiger partial charge in [0.2, 0.25) is 5.95 Å². The van der Waals surface area contributed by atoms with Crippen molar-refractivity contribution < 1.29 is 0 Å². The molecule has 0 aliphatic carbocycles. The largest absolute Gasteiger partial charge is 0.338 e. The summed E-state index contributed by atoms with van der Waals surface area (Å²) in [5, 5.41) is 4.34. The van der Waals surface area contributed by atoms with Crippen molar-refractivity contribution in [3.63, 3.8) is 0 Å². The summed E-state index contributed by atoms with van der Waals surface area (Å²) in [6, 6.07) is 4.52. The molecule has 2 saturated heterocycles. The van der Waals surface area contributed by atoms with Crippen LogP contribution >= 0.6 is 0 Å². The van der Waals surface area contributed by atoms with Gasteiger partial charge in [-0.1, -0.05) is 0 Å². The van der Waals surface area contributed by atoms with Gasteiger partial charge in [0.15, 0.2) is 0 Å². The molecule has 0 aromatic carbocycles. The molecule has 6 heteroatoms. The van der Waals surface area contributed by atoms with Gasteiger partial charge in [0.1, 0.15) is 0 Å². The first-order valence-corrected chi connectivity index (χ1v) is 8.12. The molecule has 2 aromatic rings. The summed E-state index contributed by atoms with van der Waals surface area (Å²) in [5.74, 6) is 1.59. The van der Waals surface area contributed by atoms with E-state index in [2.05, 4.69) is 35.7 Å². The Morgan fingerprint density at radius 1 is 1.00 bits per heavy atom. The molecular formula is C16H22N6. The average Bonchev–Trinajstić information content (AvgIpc) is 3.08. The van der Waals surface area contributed by atoms with E-state index in [-0.39, 0.29) is 0 Å². The summed E-state index contributed by atoms with van der Waals surface area (Å²) in [4.78, 5) is 13.8. The van der Waals surface area contributed by atoms with Gasteiger partial charge in [-0.15, -0.1) is 0 Å². The molecule has 2 aromatic heterocycles. The fourth-order valence-corrected chi connectivity index (χ4v) is 3.72.